The highest BCUT2D eigenvalue weighted by molar-refractivity contribution is 7.12. The van der Waals surface area contributed by atoms with E-state index in [0.717, 1.165) is 4.88 Å². The van der Waals surface area contributed by atoms with Gasteiger partial charge in [-0.2, -0.15) is 0 Å². The van der Waals surface area contributed by atoms with Crippen LogP contribution in [0.15, 0.2) is 30.3 Å². The van der Waals surface area contributed by atoms with Crippen LogP contribution in [0.25, 0.3) is 0 Å². The molecule has 1 atom stereocenters. The molecule has 1 aromatic carbocycles. The van der Waals surface area contributed by atoms with Crippen molar-refractivity contribution < 1.29 is 4.39 Å². The van der Waals surface area contributed by atoms with Crippen LogP contribution >= 0.6 is 22.9 Å². The third-order valence-corrected chi connectivity index (χ3v) is 4.49. The average molecular weight is 269 g/mol. The zero-order valence-corrected chi connectivity index (χ0v) is 11.4. The third kappa shape index (κ3) is 2.88. The van der Waals surface area contributed by atoms with Crippen LogP contribution in [-0.4, -0.2) is 0 Å². The molecule has 0 aliphatic heterocycles. The van der Waals surface area contributed by atoms with E-state index in [1.54, 1.807) is 23.5 Å². The fourth-order valence-electron chi connectivity index (χ4n) is 1.92. The first-order valence-corrected chi connectivity index (χ1v) is 6.77. The Morgan fingerprint density at radius 1 is 1.29 bits per heavy atom. The van der Waals surface area contributed by atoms with Crippen LogP contribution in [0.2, 0.25) is 0 Å². The van der Waals surface area contributed by atoms with Gasteiger partial charge in [-0.3, -0.25) is 0 Å². The first kappa shape index (κ1) is 12.6. The van der Waals surface area contributed by atoms with Gasteiger partial charge in [0, 0.05) is 9.75 Å². The molecule has 0 aliphatic rings. The van der Waals surface area contributed by atoms with Crippen LogP contribution in [0.3, 0.4) is 0 Å². The maximum absolute atomic E-state index is 13.5. The van der Waals surface area contributed by atoms with Gasteiger partial charge in [0.05, 0.1) is 5.38 Å². The predicted molar refractivity (Wildman–Crippen MR) is 72.5 cm³/mol. The second-order valence-electron chi connectivity index (χ2n) is 4.17. The summed E-state index contributed by atoms with van der Waals surface area (Å²) in [5, 5.41) is -0.148. The van der Waals surface area contributed by atoms with Gasteiger partial charge < -0.3 is 0 Å². The van der Waals surface area contributed by atoms with Crippen molar-refractivity contribution >= 4 is 22.9 Å². The van der Waals surface area contributed by atoms with Crippen LogP contribution in [0.5, 0.6) is 0 Å². The smallest absolute Gasteiger partial charge is 0.126 e. The summed E-state index contributed by atoms with van der Waals surface area (Å²) in [4.78, 5) is 2.39. The summed E-state index contributed by atoms with van der Waals surface area (Å²) in [5.74, 6) is -0.177. The Morgan fingerprint density at radius 2 is 2.00 bits per heavy atom. The van der Waals surface area contributed by atoms with E-state index in [4.69, 9.17) is 11.6 Å². The molecule has 2 aromatic rings. The van der Waals surface area contributed by atoms with Gasteiger partial charge in [-0.05, 0) is 43.5 Å². The molecular weight excluding hydrogens is 255 g/mol. The van der Waals surface area contributed by atoms with Gasteiger partial charge in [0.1, 0.15) is 5.82 Å². The maximum atomic E-state index is 13.5. The molecule has 1 unspecified atom stereocenters. The minimum atomic E-state index is -0.177. The first-order valence-electron chi connectivity index (χ1n) is 5.52. The molecular formula is C14H14ClFS. The van der Waals surface area contributed by atoms with Crippen molar-refractivity contribution in [1.82, 2.24) is 0 Å². The largest absolute Gasteiger partial charge is 0.207 e. The molecule has 1 aromatic heterocycles. The van der Waals surface area contributed by atoms with Gasteiger partial charge >= 0.3 is 0 Å². The van der Waals surface area contributed by atoms with Crippen molar-refractivity contribution in [3.8, 4) is 0 Å². The van der Waals surface area contributed by atoms with E-state index < -0.39 is 0 Å². The zero-order chi connectivity index (χ0) is 12.4. The van der Waals surface area contributed by atoms with Crippen LogP contribution in [0, 0.1) is 19.7 Å². The van der Waals surface area contributed by atoms with Gasteiger partial charge in [0.15, 0.2) is 0 Å². The van der Waals surface area contributed by atoms with E-state index >= 15 is 0 Å². The number of aryl methyl sites for hydroxylation is 2. The van der Waals surface area contributed by atoms with Crippen LogP contribution in [0.4, 0.5) is 4.39 Å². The topological polar surface area (TPSA) is 0 Å². The normalized spacial score (nSPS) is 12.7. The molecule has 3 heteroatoms. The van der Waals surface area contributed by atoms with E-state index in [0.29, 0.717) is 12.0 Å². The third-order valence-electron chi connectivity index (χ3n) is 2.72. The van der Waals surface area contributed by atoms with Crippen LogP contribution in [0.1, 0.15) is 26.3 Å². The Labute approximate surface area is 110 Å². The number of halogens is 2. The quantitative estimate of drug-likeness (QED) is 0.685. The molecule has 0 aliphatic carbocycles. The van der Waals surface area contributed by atoms with Crippen molar-refractivity contribution in [2.24, 2.45) is 0 Å². The van der Waals surface area contributed by atoms with E-state index in [1.807, 2.05) is 6.07 Å². The first-order chi connectivity index (χ1) is 8.08. The standard InChI is InChI=1S/C14H14ClFS/c1-9-7-10(2)17-14(9)12(15)8-11-5-3-4-6-13(11)16/h3-7,12H,8H2,1-2H3. The lowest BCUT2D eigenvalue weighted by Crippen LogP contribution is -1.97. The summed E-state index contributed by atoms with van der Waals surface area (Å²) >= 11 is 8.07. The van der Waals surface area contributed by atoms with E-state index in [2.05, 4.69) is 19.9 Å². The van der Waals surface area contributed by atoms with Crippen LogP contribution in [-0.2, 0) is 6.42 Å². The van der Waals surface area contributed by atoms with Gasteiger partial charge in [0.25, 0.3) is 0 Å². The van der Waals surface area contributed by atoms with Crippen molar-refractivity contribution in [1.29, 1.82) is 0 Å². The second-order valence-corrected chi connectivity index (χ2v) is 5.98. The summed E-state index contributed by atoms with van der Waals surface area (Å²) in [6.45, 7) is 4.11. The van der Waals surface area contributed by atoms with Gasteiger partial charge in [-0.25, -0.2) is 4.39 Å². The lowest BCUT2D eigenvalue weighted by atomic mass is 10.1. The van der Waals surface area contributed by atoms with Gasteiger partial charge in [-0.1, -0.05) is 18.2 Å². The van der Waals surface area contributed by atoms with Gasteiger partial charge in [-0.15, -0.1) is 22.9 Å². The molecule has 2 rings (SSSR count). The minimum Gasteiger partial charge on any atom is -0.207 e. The molecule has 0 radical (unpaired) electrons. The Bertz CT molecular complexity index is 519. The fourth-order valence-corrected chi connectivity index (χ4v) is 3.41. The van der Waals surface area contributed by atoms with Crippen molar-refractivity contribution in [3.05, 3.63) is 57.0 Å². The van der Waals surface area contributed by atoms with Crippen LogP contribution < -0.4 is 0 Å². The summed E-state index contributed by atoms with van der Waals surface area (Å²) in [5.41, 5.74) is 1.88. The molecule has 0 spiro atoms. The summed E-state index contributed by atoms with van der Waals surface area (Å²) in [7, 11) is 0. The summed E-state index contributed by atoms with van der Waals surface area (Å²) in [6, 6.07) is 8.93. The number of benzene rings is 1. The van der Waals surface area contributed by atoms with Crippen molar-refractivity contribution in [2.45, 2.75) is 25.6 Å². The predicted octanol–water partition coefficient (Wildman–Crippen LogP) is 5.03. The van der Waals surface area contributed by atoms with E-state index in [-0.39, 0.29) is 11.2 Å². The second kappa shape index (κ2) is 5.19. The highest BCUT2D eigenvalue weighted by Crippen LogP contribution is 2.34. The molecule has 0 fully saturated rings. The lowest BCUT2D eigenvalue weighted by Gasteiger charge is -2.09. The number of rotatable bonds is 3. The van der Waals surface area contributed by atoms with E-state index in [9.17, 15) is 4.39 Å². The molecule has 0 amide bonds. The van der Waals surface area contributed by atoms with Crippen molar-refractivity contribution in [3.63, 3.8) is 0 Å². The number of hydrogen-bond donors (Lipinski definition) is 0. The summed E-state index contributed by atoms with van der Waals surface area (Å²) < 4.78 is 13.5. The number of alkyl halides is 1. The van der Waals surface area contributed by atoms with Gasteiger partial charge in [0.2, 0.25) is 0 Å². The highest BCUT2D eigenvalue weighted by Gasteiger charge is 2.15. The minimum absolute atomic E-state index is 0.148. The molecule has 0 bridgehead atoms. The van der Waals surface area contributed by atoms with E-state index in [1.165, 1.54) is 16.5 Å². The Morgan fingerprint density at radius 3 is 2.59 bits per heavy atom. The molecule has 0 saturated heterocycles. The number of hydrogen-bond acceptors (Lipinski definition) is 1. The van der Waals surface area contributed by atoms with Crippen molar-refractivity contribution in [2.75, 3.05) is 0 Å². The zero-order valence-electron chi connectivity index (χ0n) is 9.84. The number of thiophene rings is 1. The fraction of sp³-hybridized carbons (Fsp3) is 0.286. The molecule has 0 N–H and O–H groups in total. The molecule has 0 nitrogen and oxygen atoms in total. The maximum Gasteiger partial charge on any atom is 0.126 e. The SMILES string of the molecule is Cc1cc(C)c(C(Cl)Cc2ccccc2F)s1. The Kier molecular flexibility index (Phi) is 3.85. The Hall–Kier alpha value is -0.860. The summed E-state index contributed by atoms with van der Waals surface area (Å²) in [6.07, 6.45) is 0.537. The highest BCUT2D eigenvalue weighted by atomic mass is 35.5. The monoisotopic (exact) mass is 268 g/mol. The lowest BCUT2D eigenvalue weighted by molar-refractivity contribution is 0.607. The Balaban J connectivity index is 2.20. The molecule has 0 saturated carbocycles. The average Bonchev–Trinajstić information content (AvgIpc) is 2.61. The molecule has 17 heavy (non-hydrogen) atoms. The molecule has 1 heterocycles. The molecule has 90 valence electrons.